The Kier molecular flexibility index (Phi) is 7.45. The van der Waals surface area contributed by atoms with Crippen LogP contribution in [0.3, 0.4) is 0 Å². The molecule has 1 fully saturated rings. The van der Waals surface area contributed by atoms with Crippen LogP contribution in [0.2, 0.25) is 5.02 Å². The predicted molar refractivity (Wildman–Crippen MR) is 112 cm³/mol. The summed E-state index contributed by atoms with van der Waals surface area (Å²) in [5, 5.41) is 23.0. The molecule has 0 radical (unpaired) electrons. The van der Waals surface area contributed by atoms with Gasteiger partial charge in [-0.2, -0.15) is 9.57 Å². The third-order valence-corrected chi connectivity index (χ3v) is 6.70. The zero-order valence-electron chi connectivity index (χ0n) is 17.0. The summed E-state index contributed by atoms with van der Waals surface area (Å²) in [5.74, 6) is 0.673. The van der Waals surface area contributed by atoms with Crippen molar-refractivity contribution in [1.82, 2.24) is 18.9 Å². The van der Waals surface area contributed by atoms with E-state index < -0.39 is 16.1 Å². The minimum atomic E-state index is -3.09. The van der Waals surface area contributed by atoms with Crippen LogP contribution in [0.15, 0.2) is 6.20 Å². The Labute approximate surface area is 176 Å². The molecule has 0 amide bonds. The van der Waals surface area contributed by atoms with E-state index in [1.54, 1.807) is 10.7 Å². The molecule has 0 bridgehead atoms. The average Bonchev–Trinajstić information content (AvgIpc) is 2.91. The van der Waals surface area contributed by atoms with E-state index in [1.165, 1.54) is 10.6 Å². The number of anilines is 1. The zero-order chi connectivity index (χ0) is 21.9. The first-order chi connectivity index (χ1) is 13.5. The molecule has 1 aliphatic heterocycles. The number of hydrogen-bond donors (Lipinski definition) is 2. The molecule has 2 aromatic heterocycles. The van der Waals surface area contributed by atoms with Crippen LogP contribution in [0, 0.1) is 17.2 Å². The number of nitrogens with two attached hydrogens (primary N) is 1. The summed E-state index contributed by atoms with van der Waals surface area (Å²) in [7, 11) is -3.09. The summed E-state index contributed by atoms with van der Waals surface area (Å²) in [6.07, 6.45) is 3.71. The van der Waals surface area contributed by atoms with Gasteiger partial charge < -0.3 is 10.8 Å². The largest absolute Gasteiger partial charge is 0.392 e. The smallest absolute Gasteiger partial charge is 0.238 e. The normalized spacial score (nSPS) is 18.9. The lowest BCUT2D eigenvalue weighted by Crippen LogP contribution is -2.41. The van der Waals surface area contributed by atoms with Crippen LogP contribution in [0.25, 0.3) is 5.52 Å². The van der Waals surface area contributed by atoms with Gasteiger partial charge in [0.15, 0.2) is 0 Å². The maximum absolute atomic E-state index is 10.9. The molecule has 3 N–H and O–H groups in total. The number of nitrogens with zero attached hydrogens (tertiary/aromatic N) is 5. The first-order valence-electron chi connectivity index (χ1n) is 9.33. The van der Waals surface area contributed by atoms with Crippen molar-refractivity contribution in [2.24, 2.45) is 5.92 Å². The van der Waals surface area contributed by atoms with Crippen molar-refractivity contribution in [3.05, 3.63) is 22.5 Å². The minimum absolute atomic E-state index is 0.147. The standard InChI is InChI=1S/C12H14ClN5.C6H13NO3S/c1-6(2)7(3)11-8(4-14)10(13)9-5-16-12(15)17-18(9)11;1-11(9,10)7-4-2-3-6(8)5-7/h5-7H,1-3H3,(H2,15,17);6,8H,2-5H2,1H3. The van der Waals surface area contributed by atoms with E-state index in [4.69, 9.17) is 22.4 Å². The van der Waals surface area contributed by atoms with Crippen molar-refractivity contribution in [1.29, 1.82) is 5.26 Å². The van der Waals surface area contributed by atoms with Gasteiger partial charge in [-0.05, 0) is 18.8 Å². The molecular weight excluding hydrogens is 416 g/mol. The van der Waals surface area contributed by atoms with Crippen LogP contribution in [-0.4, -0.2) is 57.9 Å². The number of aliphatic hydroxyl groups is 1. The lowest BCUT2D eigenvalue weighted by atomic mass is 9.93. The number of rotatable bonds is 3. The van der Waals surface area contributed by atoms with Crippen molar-refractivity contribution in [3.63, 3.8) is 0 Å². The van der Waals surface area contributed by atoms with Crippen molar-refractivity contribution in [2.45, 2.75) is 45.6 Å². The van der Waals surface area contributed by atoms with Gasteiger partial charge in [-0.1, -0.05) is 32.4 Å². The van der Waals surface area contributed by atoms with Gasteiger partial charge in [0, 0.05) is 19.0 Å². The van der Waals surface area contributed by atoms with Crippen LogP contribution >= 0.6 is 11.6 Å². The molecular formula is C18H27ClN6O3S. The number of fused-ring (bicyclic) bond motifs is 1. The summed E-state index contributed by atoms with van der Waals surface area (Å²) in [5.41, 5.74) is 7.47. The summed E-state index contributed by atoms with van der Waals surface area (Å²) < 4.78 is 24.8. The molecule has 0 spiro atoms. The number of hydrogen-bond acceptors (Lipinski definition) is 7. The number of piperidine rings is 1. The highest BCUT2D eigenvalue weighted by Gasteiger charge is 2.25. The third-order valence-electron chi connectivity index (χ3n) is 5.05. The second-order valence-corrected chi connectivity index (χ2v) is 9.91. The Morgan fingerprint density at radius 1 is 1.41 bits per heavy atom. The molecule has 160 valence electrons. The lowest BCUT2D eigenvalue weighted by Gasteiger charge is -2.27. The van der Waals surface area contributed by atoms with Gasteiger partial charge in [-0.15, -0.1) is 5.10 Å². The van der Waals surface area contributed by atoms with E-state index in [9.17, 15) is 13.7 Å². The molecule has 0 aromatic carbocycles. The van der Waals surface area contributed by atoms with E-state index in [0.29, 0.717) is 35.0 Å². The Hall–Kier alpha value is -1.93. The quantitative estimate of drug-likeness (QED) is 0.741. The molecule has 2 aromatic rings. The van der Waals surface area contributed by atoms with Gasteiger partial charge in [0.2, 0.25) is 16.0 Å². The summed E-state index contributed by atoms with van der Waals surface area (Å²) in [6.45, 7) is 7.03. The Morgan fingerprint density at radius 2 is 2.07 bits per heavy atom. The van der Waals surface area contributed by atoms with Gasteiger partial charge in [-0.3, -0.25) is 0 Å². The van der Waals surface area contributed by atoms with Crippen LogP contribution in [0.4, 0.5) is 5.95 Å². The fourth-order valence-electron chi connectivity index (χ4n) is 3.11. The molecule has 3 rings (SSSR count). The summed E-state index contributed by atoms with van der Waals surface area (Å²) in [4.78, 5) is 3.91. The Morgan fingerprint density at radius 3 is 2.55 bits per heavy atom. The number of aromatic nitrogens is 3. The monoisotopic (exact) mass is 442 g/mol. The van der Waals surface area contributed by atoms with Crippen molar-refractivity contribution >= 4 is 33.1 Å². The van der Waals surface area contributed by atoms with Crippen LogP contribution in [-0.2, 0) is 10.0 Å². The van der Waals surface area contributed by atoms with E-state index >= 15 is 0 Å². The van der Waals surface area contributed by atoms with Crippen LogP contribution in [0.1, 0.15) is 50.8 Å². The maximum atomic E-state index is 10.9. The molecule has 1 aliphatic rings. The van der Waals surface area contributed by atoms with Crippen LogP contribution < -0.4 is 5.73 Å². The Balaban J connectivity index is 0.000000234. The van der Waals surface area contributed by atoms with Gasteiger partial charge >= 0.3 is 0 Å². The highest BCUT2D eigenvalue weighted by molar-refractivity contribution is 7.88. The van der Waals surface area contributed by atoms with E-state index in [1.807, 2.05) is 6.92 Å². The third kappa shape index (κ3) is 5.36. The molecule has 2 atom stereocenters. The topological polar surface area (TPSA) is 138 Å². The SMILES string of the molecule is CC(C)C(C)c1c(C#N)c(Cl)c2cnc(N)nn12.CS(=O)(=O)N1CCCC(O)C1. The summed E-state index contributed by atoms with van der Waals surface area (Å²) in [6, 6.07) is 2.15. The van der Waals surface area contributed by atoms with Gasteiger partial charge in [0.25, 0.3) is 0 Å². The summed E-state index contributed by atoms with van der Waals surface area (Å²) >= 11 is 6.20. The highest BCUT2D eigenvalue weighted by atomic mass is 35.5. The van der Waals surface area contributed by atoms with Crippen molar-refractivity contribution < 1.29 is 13.5 Å². The molecule has 2 unspecified atom stereocenters. The van der Waals surface area contributed by atoms with Crippen molar-refractivity contribution in [3.8, 4) is 6.07 Å². The molecule has 29 heavy (non-hydrogen) atoms. The lowest BCUT2D eigenvalue weighted by molar-refractivity contribution is 0.108. The second kappa shape index (κ2) is 9.26. The molecule has 0 aliphatic carbocycles. The minimum Gasteiger partial charge on any atom is -0.392 e. The number of β-amino-alcohol motifs (C(OH)–C–C–N with tert-alkyl or cyclic N) is 1. The van der Waals surface area contributed by atoms with Gasteiger partial charge in [-0.25, -0.2) is 17.9 Å². The number of halogens is 1. The van der Waals surface area contributed by atoms with Crippen molar-refractivity contribution in [2.75, 3.05) is 25.1 Å². The van der Waals surface area contributed by atoms with E-state index in [2.05, 4.69) is 30.0 Å². The van der Waals surface area contributed by atoms with Crippen LogP contribution in [0.5, 0.6) is 0 Å². The van der Waals surface area contributed by atoms with Gasteiger partial charge in [0.05, 0.1) is 34.8 Å². The fourth-order valence-corrected chi connectivity index (χ4v) is 4.28. The molecule has 11 heteroatoms. The molecule has 9 nitrogen and oxygen atoms in total. The number of aliphatic hydroxyl groups excluding tert-OH is 1. The first kappa shape index (κ1) is 23.3. The molecule has 3 heterocycles. The Bertz CT molecular complexity index is 1010. The first-order valence-corrected chi connectivity index (χ1v) is 11.6. The average molecular weight is 443 g/mol. The maximum Gasteiger partial charge on any atom is 0.238 e. The number of sulfonamides is 1. The van der Waals surface area contributed by atoms with Gasteiger partial charge in [0.1, 0.15) is 11.6 Å². The zero-order valence-corrected chi connectivity index (χ0v) is 18.6. The predicted octanol–water partition coefficient (Wildman–Crippen LogP) is 2.00. The molecule has 1 saturated heterocycles. The van der Waals surface area contributed by atoms with E-state index in [0.717, 1.165) is 12.1 Å². The van der Waals surface area contributed by atoms with E-state index in [-0.39, 0.29) is 18.4 Å². The number of nitriles is 1. The second-order valence-electron chi connectivity index (χ2n) is 7.55. The number of nitrogen functional groups attached to an aromatic ring is 1. The molecule has 0 saturated carbocycles. The fraction of sp³-hybridized carbons (Fsp3) is 0.611. The highest BCUT2D eigenvalue weighted by Crippen LogP contribution is 2.34.